The van der Waals surface area contributed by atoms with Gasteiger partial charge in [0.1, 0.15) is 5.82 Å². The lowest BCUT2D eigenvalue weighted by atomic mass is 9.99. The average Bonchev–Trinajstić information content (AvgIpc) is 2.31. The van der Waals surface area contributed by atoms with Gasteiger partial charge in [0.15, 0.2) is 0 Å². The Labute approximate surface area is 108 Å². The Kier molecular flexibility index (Phi) is 3.78. The fraction of sp³-hybridized carbons (Fsp3) is 0.250. The molecule has 0 saturated carbocycles. The van der Waals surface area contributed by atoms with E-state index in [-0.39, 0.29) is 5.82 Å². The third kappa shape index (κ3) is 2.77. The monoisotopic (exact) mass is 243 g/mol. The average molecular weight is 243 g/mol. The molecule has 0 heterocycles. The third-order valence-corrected chi connectivity index (χ3v) is 2.97. The van der Waals surface area contributed by atoms with Gasteiger partial charge in [-0.3, -0.25) is 0 Å². The number of nitrogens with one attached hydrogen (secondary N) is 1. The maximum absolute atomic E-state index is 13.6. The zero-order chi connectivity index (χ0) is 13.1. The molecule has 2 aromatic rings. The fourth-order valence-corrected chi connectivity index (χ4v) is 2.22. The van der Waals surface area contributed by atoms with Crippen LogP contribution < -0.4 is 5.32 Å². The van der Waals surface area contributed by atoms with E-state index in [2.05, 4.69) is 37.4 Å². The maximum atomic E-state index is 13.6. The van der Waals surface area contributed by atoms with Crippen LogP contribution in [0.15, 0.2) is 36.4 Å². The normalized spacial score (nSPS) is 10.7. The molecule has 0 unspecified atom stereocenters. The predicted molar refractivity (Wildman–Crippen MR) is 74.1 cm³/mol. The Morgan fingerprint density at radius 3 is 2.22 bits per heavy atom. The molecule has 2 rings (SSSR count). The summed E-state index contributed by atoms with van der Waals surface area (Å²) in [5.74, 6) is -0.155. The summed E-state index contributed by atoms with van der Waals surface area (Å²) in [4.78, 5) is 0. The second kappa shape index (κ2) is 5.32. The molecule has 0 bridgehead atoms. The molecule has 1 nitrogen and oxygen atoms in total. The van der Waals surface area contributed by atoms with Crippen LogP contribution >= 0.6 is 0 Å². The van der Waals surface area contributed by atoms with E-state index in [0.29, 0.717) is 12.1 Å². The number of benzene rings is 2. The van der Waals surface area contributed by atoms with Crippen LogP contribution in [0.3, 0.4) is 0 Å². The van der Waals surface area contributed by atoms with E-state index in [4.69, 9.17) is 0 Å². The van der Waals surface area contributed by atoms with Gasteiger partial charge in [0, 0.05) is 12.1 Å². The zero-order valence-electron chi connectivity index (χ0n) is 11.0. The van der Waals surface area contributed by atoms with Gasteiger partial charge in [0.2, 0.25) is 0 Å². The van der Waals surface area contributed by atoms with Gasteiger partial charge < -0.3 is 5.32 Å². The number of rotatable bonds is 3. The number of halogens is 1. The summed E-state index contributed by atoms with van der Waals surface area (Å²) in [6.45, 7) is 4.70. The van der Waals surface area contributed by atoms with Crippen molar-refractivity contribution in [3.05, 3.63) is 58.9 Å². The van der Waals surface area contributed by atoms with Gasteiger partial charge in [0.05, 0.1) is 0 Å². The molecule has 0 radical (unpaired) electrons. The molecule has 18 heavy (non-hydrogen) atoms. The molecule has 1 N–H and O–H groups in total. The van der Waals surface area contributed by atoms with Crippen molar-refractivity contribution in [3.63, 3.8) is 0 Å². The molecule has 0 amide bonds. The standard InChI is InChI=1S/C16H18FN/c1-11-6-12(2)8-14(7-11)13-4-5-16(17)15(9-13)10-18-3/h4-9,18H,10H2,1-3H3. The molecule has 0 aliphatic rings. The highest BCUT2D eigenvalue weighted by atomic mass is 19.1. The smallest absolute Gasteiger partial charge is 0.127 e. The van der Waals surface area contributed by atoms with Crippen LogP contribution in [0.1, 0.15) is 16.7 Å². The minimum Gasteiger partial charge on any atom is -0.316 e. The van der Waals surface area contributed by atoms with E-state index in [1.54, 1.807) is 6.07 Å². The molecule has 0 aliphatic carbocycles. The summed E-state index contributed by atoms with van der Waals surface area (Å²) < 4.78 is 13.6. The van der Waals surface area contributed by atoms with Gasteiger partial charge in [-0.25, -0.2) is 4.39 Å². The Morgan fingerprint density at radius 2 is 1.61 bits per heavy atom. The van der Waals surface area contributed by atoms with E-state index >= 15 is 0 Å². The van der Waals surface area contributed by atoms with Crippen LogP contribution in [0.25, 0.3) is 11.1 Å². The highest BCUT2D eigenvalue weighted by molar-refractivity contribution is 5.66. The largest absolute Gasteiger partial charge is 0.316 e. The van der Waals surface area contributed by atoms with Crippen molar-refractivity contribution in [2.24, 2.45) is 0 Å². The second-order valence-corrected chi connectivity index (χ2v) is 4.71. The van der Waals surface area contributed by atoms with Crippen LogP contribution in [0, 0.1) is 19.7 Å². The first kappa shape index (κ1) is 12.8. The second-order valence-electron chi connectivity index (χ2n) is 4.71. The van der Waals surface area contributed by atoms with Crippen LogP contribution in [0.4, 0.5) is 4.39 Å². The minimum absolute atomic E-state index is 0.155. The summed E-state index contributed by atoms with van der Waals surface area (Å²) in [5.41, 5.74) is 5.36. The lowest BCUT2D eigenvalue weighted by Crippen LogP contribution is -2.07. The molecule has 0 fully saturated rings. The lowest BCUT2D eigenvalue weighted by molar-refractivity contribution is 0.601. The van der Waals surface area contributed by atoms with Gasteiger partial charge in [-0.2, -0.15) is 0 Å². The van der Waals surface area contributed by atoms with Crippen molar-refractivity contribution >= 4 is 0 Å². The molecule has 2 aromatic carbocycles. The summed E-state index contributed by atoms with van der Waals surface area (Å²) in [6.07, 6.45) is 0. The Balaban J connectivity index is 2.47. The number of hydrogen-bond donors (Lipinski definition) is 1. The first-order chi connectivity index (χ1) is 8.60. The maximum Gasteiger partial charge on any atom is 0.127 e. The molecule has 2 heteroatoms. The van der Waals surface area contributed by atoms with E-state index in [9.17, 15) is 4.39 Å². The van der Waals surface area contributed by atoms with Gasteiger partial charge in [-0.05, 0) is 44.2 Å². The summed E-state index contributed by atoms with van der Waals surface area (Å²) in [6, 6.07) is 11.7. The van der Waals surface area contributed by atoms with Crippen LogP contribution in [0.5, 0.6) is 0 Å². The van der Waals surface area contributed by atoms with Crippen molar-refractivity contribution in [1.29, 1.82) is 0 Å². The van der Waals surface area contributed by atoms with E-state index in [0.717, 1.165) is 11.1 Å². The van der Waals surface area contributed by atoms with E-state index in [1.807, 2.05) is 19.2 Å². The molecule has 0 atom stereocenters. The Bertz CT molecular complexity index is 541. The molecular weight excluding hydrogens is 225 g/mol. The summed E-state index contributed by atoms with van der Waals surface area (Å²) in [7, 11) is 1.82. The predicted octanol–water partition coefficient (Wildman–Crippen LogP) is 3.83. The Morgan fingerprint density at radius 1 is 0.944 bits per heavy atom. The van der Waals surface area contributed by atoms with Crippen LogP contribution in [-0.2, 0) is 6.54 Å². The van der Waals surface area contributed by atoms with Crippen LogP contribution in [0.2, 0.25) is 0 Å². The summed E-state index contributed by atoms with van der Waals surface area (Å²) in [5, 5.41) is 2.99. The molecule has 94 valence electrons. The molecule has 0 aliphatic heterocycles. The van der Waals surface area contributed by atoms with E-state index in [1.165, 1.54) is 11.1 Å². The van der Waals surface area contributed by atoms with Gasteiger partial charge in [-0.15, -0.1) is 0 Å². The van der Waals surface area contributed by atoms with Gasteiger partial charge >= 0.3 is 0 Å². The van der Waals surface area contributed by atoms with Crippen molar-refractivity contribution in [2.45, 2.75) is 20.4 Å². The Hall–Kier alpha value is -1.67. The highest BCUT2D eigenvalue weighted by Gasteiger charge is 2.05. The number of aryl methyl sites for hydroxylation is 2. The van der Waals surface area contributed by atoms with Crippen molar-refractivity contribution < 1.29 is 4.39 Å². The fourth-order valence-electron chi connectivity index (χ4n) is 2.22. The molecule has 0 saturated heterocycles. The van der Waals surface area contributed by atoms with Crippen LogP contribution in [-0.4, -0.2) is 7.05 Å². The lowest BCUT2D eigenvalue weighted by Gasteiger charge is -2.08. The first-order valence-electron chi connectivity index (χ1n) is 6.12. The molecular formula is C16H18FN. The zero-order valence-corrected chi connectivity index (χ0v) is 11.0. The SMILES string of the molecule is CNCc1cc(-c2cc(C)cc(C)c2)ccc1F. The molecule has 0 spiro atoms. The van der Waals surface area contributed by atoms with E-state index < -0.39 is 0 Å². The van der Waals surface area contributed by atoms with Crippen molar-refractivity contribution in [2.75, 3.05) is 7.05 Å². The third-order valence-electron chi connectivity index (χ3n) is 2.97. The summed E-state index contributed by atoms with van der Waals surface area (Å²) >= 11 is 0. The minimum atomic E-state index is -0.155. The van der Waals surface area contributed by atoms with Crippen molar-refractivity contribution in [3.8, 4) is 11.1 Å². The van der Waals surface area contributed by atoms with Gasteiger partial charge in [0.25, 0.3) is 0 Å². The highest BCUT2D eigenvalue weighted by Crippen LogP contribution is 2.24. The van der Waals surface area contributed by atoms with Gasteiger partial charge in [-0.1, -0.05) is 35.4 Å². The molecule has 0 aromatic heterocycles. The topological polar surface area (TPSA) is 12.0 Å². The first-order valence-corrected chi connectivity index (χ1v) is 6.12. The number of hydrogen-bond acceptors (Lipinski definition) is 1. The quantitative estimate of drug-likeness (QED) is 0.864. The van der Waals surface area contributed by atoms with Crippen molar-refractivity contribution in [1.82, 2.24) is 5.32 Å².